The van der Waals surface area contributed by atoms with Crippen molar-refractivity contribution in [3.8, 4) is 5.75 Å². The largest absolute Gasteiger partial charge is 0.493 e. The topological polar surface area (TPSA) is 39.1 Å². The van der Waals surface area contributed by atoms with E-state index in [0.717, 1.165) is 24.6 Å². The Morgan fingerprint density at radius 2 is 2.19 bits per heavy atom. The molecular formula is C17H31N3O. The molecule has 1 saturated carbocycles. The predicted octanol–water partition coefficient (Wildman–Crippen LogP) is 3.95. The van der Waals surface area contributed by atoms with E-state index >= 15 is 0 Å². The van der Waals surface area contributed by atoms with Crippen LogP contribution < -0.4 is 10.1 Å². The number of methoxy groups -OCH3 is 1. The van der Waals surface area contributed by atoms with Crippen molar-refractivity contribution in [3.63, 3.8) is 0 Å². The minimum absolute atomic E-state index is 0.349. The molecule has 1 aromatic rings. The van der Waals surface area contributed by atoms with E-state index in [1.807, 2.05) is 6.20 Å². The zero-order valence-electron chi connectivity index (χ0n) is 14.2. The molecule has 0 bridgehead atoms. The van der Waals surface area contributed by atoms with Gasteiger partial charge in [0.2, 0.25) is 0 Å². The Labute approximate surface area is 129 Å². The highest BCUT2D eigenvalue weighted by Crippen LogP contribution is 2.42. The van der Waals surface area contributed by atoms with Gasteiger partial charge in [-0.05, 0) is 45.1 Å². The average Bonchev–Trinajstić information content (AvgIpc) is 3.06. The molecule has 0 saturated heterocycles. The molecule has 1 fully saturated rings. The molecule has 0 spiro atoms. The fourth-order valence-electron chi connectivity index (χ4n) is 3.64. The number of rotatable bonds is 7. The second-order valence-corrected chi connectivity index (χ2v) is 6.64. The van der Waals surface area contributed by atoms with E-state index in [9.17, 15) is 0 Å². The fraction of sp³-hybridized carbons (Fsp3) is 0.824. The maximum atomic E-state index is 5.61. The van der Waals surface area contributed by atoms with Gasteiger partial charge in [-0.1, -0.05) is 26.7 Å². The van der Waals surface area contributed by atoms with Gasteiger partial charge in [0.15, 0.2) is 5.75 Å². The first-order valence-electron chi connectivity index (χ1n) is 8.44. The molecule has 1 N–H and O–H groups in total. The van der Waals surface area contributed by atoms with Crippen molar-refractivity contribution in [2.75, 3.05) is 13.7 Å². The van der Waals surface area contributed by atoms with Gasteiger partial charge in [0.25, 0.3) is 0 Å². The normalized spacial score (nSPS) is 23.7. The molecule has 0 radical (unpaired) electrons. The lowest BCUT2D eigenvalue weighted by Crippen LogP contribution is -2.33. The van der Waals surface area contributed by atoms with E-state index in [0.29, 0.717) is 18.0 Å². The summed E-state index contributed by atoms with van der Waals surface area (Å²) in [5, 5.41) is 8.34. The van der Waals surface area contributed by atoms with E-state index in [2.05, 4.69) is 42.8 Å². The molecule has 4 nitrogen and oxygen atoms in total. The van der Waals surface area contributed by atoms with Crippen molar-refractivity contribution in [1.82, 2.24) is 15.1 Å². The van der Waals surface area contributed by atoms with Crippen LogP contribution in [0.15, 0.2) is 6.20 Å². The highest BCUT2D eigenvalue weighted by Gasteiger charge is 2.35. The Bertz CT molecular complexity index is 441. The van der Waals surface area contributed by atoms with Gasteiger partial charge in [0.05, 0.1) is 25.0 Å². The van der Waals surface area contributed by atoms with E-state index in [1.165, 1.54) is 25.0 Å². The molecule has 3 atom stereocenters. The monoisotopic (exact) mass is 293 g/mol. The van der Waals surface area contributed by atoms with Crippen LogP contribution in [-0.2, 0) is 0 Å². The number of ether oxygens (including phenoxy) is 1. The molecule has 2 rings (SSSR count). The van der Waals surface area contributed by atoms with Gasteiger partial charge < -0.3 is 10.1 Å². The predicted molar refractivity (Wildman–Crippen MR) is 86.7 cm³/mol. The third kappa shape index (κ3) is 3.42. The van der Waals surface area contributed by atoms with Crippen molar-refractivity contribution in [3.05, 3.63) is 11.9 Å². The standard InChI is InChI=1S/C17H31N3O/c1-6-10-18-16(14-9-7-8-13(14)4)17-15(21-5)11-19-20(17)12(2)3/h11-14,16,18H,6-10H2,1-5H3. The van der Waals surface area contributed by atoms with Crippen LogP contribution in [-0.4, -0.2) is 23.4 Å². The smallest absolute Gasteiger partial charge is 0.161 e. The van der Waals surface area contributed by atoms with E-state index in [1.54, 1.807) is 7.11 Å². The highest BCUT2D eigenvalue weighted by molar-refractivity contribution is 5.29. The molecule has 21 heavy (non-hydrogen) atoms. The summed E-state index contributed by atoms with van der Waals surface area (Å²) in [6.07, 6.45) is 7.00. The van der Waals surface area contributed by atoms with Crippen LogP contribution in [0, 0.1) is 11.8 Å². The first-order valence-corrected chi connectivity index (χ1v) is 8.44. The maximum Gasteiger partial charge on any atom is 0.161 e. The summed E-state index contributed by atoms with van der Waals surface area (Å²) in [6.45, 7) is 10.0. The molecular weight excluding hydrogens is 262 g/mol. The number of nitrogens with zero attached hydrogens (tertiary/aromatic N) is 2. The minimum Gasteiger partial charge on any atom is -0.493 e. The van der Waals surface area contributed by atoms with Crippen LogP contribution in [0.4, 0.5) is 0 Å². The van der Waals surface area contributed by atoms with Crippen LogP contribution in [0.5, 0.6) is 5.75 Å². The van der Waals surface area contributed by atoms with Crippen LogP contribution in [0.1, 0.15) is 71.2 Å². The van der Waals surface area contributed by atoms with Crippen LogP contribution in [0.2, 0.25) is 0 Å². The second-order valence-electron chi connectivity index (χ2n) is 6.64. The zero-order chi connectivity index (χ0) is 15.4. The lowest BCUT2D eigenvalue weighted by atomic mass is 9.87. The lowest BCUT2D eigenvalue weighted by molar-refractivity contribution is 0.274. The fourth-order valence-corrected chi connectivity index (χ4v) is 3.64. The maximum absolute atomic E-state index is 5.61. The first kappa shape index (κ1) is 16.3. The Balaban J connectivity index is 2.37. The second kappa shape index (κ2) is 7.30. The molecule has 3 unspecified atom stereocenters. The minimum atomic E-state index is 0.349. The summed E-state index contributed by atoms with van der Waals surface area (Å²) in [6, 6.07) is 0.703. The highest BCUT2D eigenvalue weighted by atomic mass is 16.5. The third-order valence-corrected chi connectivity index (χ3v) is 4.77. The summed E-state index contributed by atoms with van der Waals surface area (Å²) in [7, 11) is 1.75. The van der Waals surface area contributed by atoms with Crippen molar-refractivity contribution < 1.29 is 4.74 Å². The van der Waals surface area contributed by atoms with E-state index < -0.39 is 0 Å². The van der Waals surface area contributed by atoms with Crippen LogP contribution in [0.3, 0.4) is 0 Å². The molecule has 0 amide bonds. The summed E-state index contributed by atoms with van der Waals surface area (Å²) < 4.78 is 7.74. The van der Waals surface area contributed by atoms with Crippen molar-refractivity contribution >= 4 is 0 Å². The summed E-state index contributed by atoms with van der Waals surface area (Å²) in [5.41, 5.74) is 1.24. The summed E-state index contributed by atoms with van der Waals surface area (Å²) in [4.78, 5) is 0. The lowest BCUT2D eigenvalue weighted by Gasteiger charge is -2.30. The number of aromatic nitrogens is 2. The van der Waals surface area contributed by atoms with Gasteiger partial charge in [0.1, 0.15) is 0 Å². The number of nitrogens with one attached hydrogen (secondary N) is 1. The molecule has 1 aliphatic carbocycles. The zero-order valence-corrected chi connectivity index (χ0v) is 14.2. The van der Waals surface area contributed by atoms with Gasteiger partial charge >= 0.3 is 0 Å². The third-order valence-electron chi connectivity index (χ3n) is 4.77. The van der Waals surface area contributed by atoms with Crippen LogP contribution in [0.25, 0.3) is 0 Å². The quantitative estimate of drug-likeness (QED) is 0.827. The van der Waals surface area contributed by atoms with Crippen molar-refractivity contribution in [2.45, 2.75) is 65.5 Å². The number of hydrogen-bond donors (Lipinski definition) is 1. The molecule has 4 heteroatoms. The van der Waals surface area contributed by atoms with Crippen molar-refractivity contribution in [1.29, 1.82) is 0 Å². The molecule has 1 heterocycles. The summed E-state index contributed by atoms with van der Waals surface area (Å²) in [5.74, 6) is 2.37. The van der Waals surface area contributed by atoms with E-state index in [-0.39, 0.29) is 0 Å². The number of hydrogen-bond acceptors (Lipinski definition) is 3. The molecule has 120 valence electrons. The van der Waals surface area contributed by atoms with Gasteiger partial charge in [-0.2, -0.15) is 5.10 Å². The molecule has 1 aromatic heterocycles. The molecule has 1 aliphatic rings. The Morgan fingerprint density at radius 3 is 2.71 bits per heavy atom. The van der Waals surface area contributed by atoms with Crippen LogP contribution >= 0.6 is 0 Å². The van der Waals surface area contributed by atoms with E-state index in [4.69, 9.17) is 4.74 Å². The Hall–Kier alpha value is -1.03. The SMILES string of the molecule is CCCNC(c1c(OC)cnn1C(C)C)C1CCCC1C. The first-order chi connectivity index (χ1) is 10.1. The van der Waals surface area contributed by atoms with Gasteiger partial charge in [-0.15, -0.1) is 0 Å². The van der Waals surface area contributed by atoms with Gasteiger partial charge in [-0.3, -0.25) is 4.68 Å². The molecule has 0 aliphatic heterocycles. The molecule has 0 aromatic carbocycles. The average molecular weight is 293 g/mol. The summed E-state index contributed by atoms with van der Waals surface area (Å²) >= 11 is 0. The van der Waals surface area contributed by atoms with Gasteiger partial charge in [0, 0.05) is 6.04 Å². The van der Waals surface area contributed by atoms with Gasteiger partial charge in [-0.25, -0.2) is 0 Å². The Kier molecular flexibility index (Phi) is 5.68. The van der Waals surface area contributed by atoms with Crippen molar-refractivity contribution in [2.24, 2.45) is 11.8 Å². The Morgan fingerprint density at radius 1 is 1.43 bits per heavy atom.